The van der Waals surface area contributed by atoms with E-state index in [1.807, 2.05) is 0 Å². The number of hydrazine groups is 1. The Hall–Kier alpha value is -1.16. The average Bonchev–Trinajstić information content (AvgIpc) is 1.99. The molecule has 0 saturated heterocycles. The lowest BCUT2D eigenvalue weighted by Crippen LogP contribution is -2.16. The van der Waals surface area contributed by atoms with Gasteiger partial charge in [0.2, 0.25) is 0 Å². The molecule has 1 rings (SSSR count). The number of anilines is 1. The zero-order valence-electron chi connectivity index (χ0n) is 5.99. The molecule has 11 heavy (non-hydrogen) atoms. The summed E-state index contributed by atoms with van der Waals surface area (Å²) >= 11 is 0. The fourth-order valence-electron chi connectivity index (χ4n) is 0.735. The molecule has 4 heteroatoms. The molecule has 0 heterocycles. The molecule has 1 aromatic carbocycles. The quantitative estimate of drug-likeness (QED) is 0.637. The fourth-order valence-corrected chi connectivity index (χ4v) is 0.735. The lowest BCUT2D eigenvalue weighted by molar-refractivity contribution is 0.510. The van der Waals surface area contributed by atoms with E-state index in [4.69, 9.17) is 0 Å². The van der Waals surface area contributed by atoms with Crippen LogP contribution in [0.2, 0.25) is 0 Å². The van der Waals surface area contributed by atoms with Crippen LogP contribution in [0.3, 0.4) is 0 Å². The third-order valence-corrected chi connectivity index (χ3v) is 1.21. The standard InChI is InChI=1S/C7H8F2N2/c1-10-11-6-4-2-3-5(8)7(6)9/h2-4,10-11H,1H3. The largest absolute Gasteiger partial charge is 0.319 e. The van der Waals surface area contributed by atoms with Gasteiger partial charge in [-0.3, -0.25) is 0 Å². The van der Waals surface area contributed by atoms with Crippen LogP contribution >= 0.6 is 0 Å². The van der Waals surface area contributed by atoms with Crippen LogP contribution in [0.15, 0.2) is 18.2 Å². The van der Waals surface area contributed by atoms with Crippen LogP contribution in [0, 0.1) is 11.6 Å². The van der Waals surface area contributed by atoms with Crippen molar-refractivity contribution < 1.29 is 8.78 Å². The summed E-state index contributed by atoms with van der Waals surface area (Å²) < 4.78 is 25.2. The highest BCUT2D eigenvalue weighted by Gasteiger charge is 2.04. The minimum atomic E-state index is -0.873. The van der Waals surface area contributed by atoms with Crippen molar-refractivity contribution in [3.8, 4) is 0 Å². The van der Waals surface area contributed by atoms with E-state index < -0.39 is 11.6 Å². The minimum Gasteiger partial charge on any atom is -0.319 e. The smallest absolute Gasteiger partial charge is 0.183 e. The summed E-state index contributed by atoms with van der Waals surface area (Å²) in [5, 5.41) is 0. The van der Waals surface area contributed by atoms with Crippen LogP contribution in [0.25, 0.3) is 0 Å². The Labute approximate surface area is 63.2 Å². The Morgan fingerprint density at radius 2 is 2.00 bits per heavy atom. The summed E-state index contributed by atoms with van der Waals surface area (Å²) in [5.74, 6) is -1.73. The maximum atomic E-state index is 12.7. The predicted octanol–water partition coefficient (Wildman–Crippen LogP) is 1.51. The van der Waals surface area contributed by atoms with E-state index in [2.05, 4.69) is 10.9 Å². The first kappa shape index (κ1) is 7.94. The Morgan fingerprint density at radius 3 is 2.64 bits per heavy atom. The second-order valence-electron chi connectivity index (χ2n) is 1.98. The van der Waals surface area contributed by atoms with Crippen molar-refractivity contribution in [2.24, 2.45) is 0 Å². The van der Waals surface area contributed by atoms with E-state index in [1.54, 1.807) is 7.05 Å². The molecule has 0 spiro atoms. The number of rotatable bonds is 2. The van der Waals surface area contributed by atoms with Gasteiger partial charge in [-0.15, -0.1) is 0 Å². The third kappa shape index (κ3) is 1.65. The highest BCUT2D eigenvalue weighted by molar-refractivity contribution is 5.43. The Morgan fingerprint density at radius 1 is 1.27 bits per heavy atom. The lowest BCUT2D eigenvalue weighted by atomic mass is 10.3. The molecule has 0 aliphatic carbocycles. The molecule has 0 unspecified atom stereocenters. The van der Waals surface area contributed by atoms with Crippen LogP contribution in [0.1, 0.15) is 0 Å². The molecule has 0 aliphatic rings. The molecular weight excluding hydrogens is 150 g/mol. The minimum absolute atomic E-state index is 0.104. The molecule has 0 radical (unpaired) electrons. The molecule has 1 aromatic rings. The van der Waals surface area contributed by atoms with Crippen molar-refractivity contribution in [1.29, 1.82) is 0 Å². The normalized spacial score (nSPS) is 9.73. The van der Waals surface area contributed by atoms with Gasteiger partial charge in [0.25, 0.3) is 0 Å². The SMILES string of the molecule is CNNc1cccc(F)c1F. The van der Waals surface area contributed by atoms with E-state index in [9.17, 15) is 8.78 Å². The molecule has 0 fully saturated rings. The Balaban J connectivity index is 2.96. The maximum Gasteiger partial charge on any atom is 0.183 e. The van der Waals surface area contributed by atoms with Crippen molar-refractivity contribution in [3.05, 3.63) is 29.8 Å². The third-order valence-electron chi connectivity index (χ3n) is 1.21. The van der Waals surface area contributed by atoms with Gasteiger partial charge in [-0.1, -0.05) is 6.07 Å². The maximum absolute atomic E-state index is 12.7. The van der Waals surface area contributed by atoms with E-state index in [0.717, 1.165) is 6.07 Å². The van der Waals surface area contributed by atoms with Gasteiger partial charge >= 0.3 is 0 Å². The first-order chi connectivity index (χ1) is 5.25. The topological polar surface area (TPSA) is 24.1 Å². The zero-order valence-corrected chi connectivity index (χ0v) is 5.99. The van der Waals surface area contributed by atoms with Gasteiger partial charge in [0.15, 0.2) is 11.6 Å². The van der Waals surface area contributed by atoms with Gasteiger partial charge < -0.3 is 5.43 Å². The van der Waals surface area contributed by atoms with E-state index in [0.29, 0.717) is 0 Å². The molecule has 60 valence electrons. The Bertz CT molecular complexity index is 250. The van der Waals surface area contributed by atoms with Crippen molar-refractivity contribution in [2.75, 3.05) is 12.5 Å². The summed E-state index contributed by atoms with van der Waals surface area (Å²) in [4.78, 5) is 0. The number of nitrogens with one attached hydrogen (secondary N) is 2. The highest BCUT2D eigenvalue weighted by atomic mass is 19.2. The van der Waals surface area contributed by atoms with E-state index in [-0.39, 0.29) is 5.69 Å². The molecule has 2 nitrogen and oxygen atoms in total. The molecule has 0 amide bonds. The highest BCUT2D eigenvalue weighted by Crippen LogP contribution is 2.14. The van der Waals surface area contributed by atoms with Gasteiger partial charge in [0.1, 0.15) is 0 Å². The van der Waals surface area contributed by atoms with Crippen molar-refractivity contribution >= 4 is 5.69 Å². The number of hydrogen-bond acceptors (Lipinski definition) is 2. The van der Waals surface area contributed by atoms with E-state index in [1.165, 1.54) is 12.1 Å². The van der Waals surface area contributed by atoms with Gasteiger partial charge in [0.05, 0.1) is 5.69 Å². The number of benzene rings is 1. The molecule has 0 atom stereocenters. The van der Waals surface area contributed by atoms with Gasteiger partial charge in [-0.25, -0.2) is 14.2 Å². The van der Waals surface area contributed by atoms with Crippen LogP contribution in [0.4, 0.5) is 14.5 Å². The van der Waals surface area contributed by atoms with Gasteiger partial charge in [0, 0.05) is 7.05 Å². The van der Waals surface area contributed by atoms with Crippen molar-refractivity contribution in [3.63, 3.8) is 0 Å². The molecule has 0 aliphatic heterocycles. The summed E-state index contributed by atoms with van der Waals surface area (Å²) in [6.07, 6.45) is 0. The van der Waals surface area contributed by atoms with Gasteiger partial charge in [-0.05, 0) is 12.1 Å². The molecule has 2 N–H and O–H groups in total. The summed E-state index contributed by atoms with van der Waals surface area (Å²) in [7, 11) is 1.57. The van der Waals surface area contributed by atoms with E-state index >= 15 is 0 Å². The molecule has 0 saturated carbocycles. The molecular formula is C7H8F2N2. The second-order valence-corrected chi connectivity index (χ2v) is 1.98. The average molecular weight is 158 g/mol. The molecule has 0 bridgehead atoms. The first-order valence-corrected chi connectivity index (χ1v) is 3.12. The monoisotopic (exact) mass is 158 g/mol. The first-order valence-electron chi connectivity index (χ1n) is 3.12. The second kappa shape index (κ2) is 3.30. The summed E-state index contributed by atoms with van der Waals surface area (Å²) in [5.41, 5.74) is 5.05. The van der Waals surface area contributed by atoms with Crippen molar-refractivity contribution in [2.45, 2.75) is 0 Å². The summed E-state index contributed by atoms with van der Waals surface area (Å²) in [6.45, 7) is 0. The number of hydrogen-bond donors (Lipinski definition) is 2. The zero-order chi connectivity index (χ0) is 8.27. The van der Waals surface area contributed by atoms with Crippen molar-refractivity contribution in [1.82, 2.24) is 5.43 Å². The summed E-state index contributed by atoms with van der Waals surface area (Å²) in [6, 6.07) is 3.93. The molecule has 0 aromatic heterocycles. The van der Waals surface area contributed by atoms with Crippen LogP contribution in [-0.4, -0.2) is 7.05 Å². The van der Waals surface area contributed by atoms with Crippen LogP contribution < -0.4 is 10.9 Å². The Kier molecular flexibility index (Phi) is 2.38. The fraction of sp³-hybridized carbons (Fsp3) is 0.143. The number of halogens is 2. The van der Waals surface area contributed by atoms with Gasteiger partial charge in [-0.2, -0.15) is 0 Å². The van der Waals surface area contributed by atoms with Crippen LogP contribution in [-0.2, 0) is 0 Å². The van der Waals surface area contributed by atoms with Crippen LogP contribution in [0.5, 0.6) is 0 Å². The lowest BCUT2D eigenvalue weighted by Gasteiger charge is -2.04. The predicted molar refractivity (Wildman–Crippen MR) is 39.0 cm³/mol.